The molecule has 0 saturated carbocycles. The molecule has 0 fully saturated rings. The quantitative estimate of drug-likeness (QED) is 0.605. The third-order valence-electron chi connectivity index (χ3n) is 2.47. The Hall–Kier alpha value is -1.20. The van der Waals surface area contributed by atoms with E-state index in [-0.39, 0.29) is 16.7 Å². The van der Waals surface area contributed by atoms with Gasteiger partial charge in [0.15, 0.2) is 17.5 Å². The zero-order valence-corrected chi connectivity index (χ0v) is 10.7. The molecule has 0 radical (unpaired) electrons. The molecular formula is C11H7Cl2F3N2. The molecule has 2 nitrogen and oxygen atoms in total. The fourth-order valence-corrected chi connectivity index (χ4v) is 2.24. The molecule has 0 spiro atoms. The van der Waals surface area contributed by atoms with Crippen molar-refractivity contribution in [2.45, 2.75) is 12.8 Å². The number of aromatic nitrogens is 2. The Morgan fingerprint density at radius 3 is 2.33 bits per heavy atom. The monoisotopic (exact) mass is 294 g/mol. The summed E-state index contributed by atoms with van der Waals surface area (Å²) in [7, 11) is 0. The first-order chi connectivity index (χ1) is 8.45. The van der Waals surface area contributed by atoms with E-state index in [1.54, 1.807) is 6.92 Å². The van der Waals surface area contributed by atoms with E-state index in [4.69, 9.17) is 23.2 Å². The number of benzene rings is 1. The smallest absolute Gasteiger partial charge is 0.161 e. The number of rotatable bonds is 2. The van der Waals surface area contributed by atoms with Gasteiger partial charge in [-0.2, -0.15) is 5.10 Å². The van der Waals surface area contributed by atoms with Crippen molar-refractivity contribution in [3.8, 4) is 5.69 Å². The molecule has 0 atom stereocenters. The number of aryl methyl sites for hydroxylation is 1. The largest absolute Gasteiger partial charge is 0.219 e. The van der Waals surface area contributed by atoms with Crippen molar-refractivity contribution in [2.24, 2.45) is 0 Å². The highest BCUT2D eigenvalue weighted by molar-refractivity contribution is 6.31. The molecule has 2 aromatic rings. The van der Waals surface area contributed by atoms with Crippen LogP contribution in [-0.4, -0.2) is 9.78 Å². The maximum atomic E-state index is 13.6. The number of hydrogen-bond donors (Lipinski definition) is 0. The van der Waals surface area contributed by atoms with Crippen molar-refractivity contribution in [3.05, 3.63) is 46.0 Å². The fourth-order valence-electron chi connectivity index (χ4n) is 1.52. The number of nitrogens with zero attached hydrogens (tertiary/aromatic N) is 2. The van der Waals surface area contributed by atoms with Crippen LogP contribution in [0.4, 0.5) is 13.2 Å². The third kappa shape index (κ3) is 2.08. The summed E-state index contributed by atoms with van der Waals surface area (Å²) in [6.07, 6.45) is 0. The standard InChI is InChI=1S/C11H7Cl2F3N2/c1-5-6(4-12)11(13)18(17-5)10-3-8(15)7(14)2-9(10)16/h2-3H,4H2,1H3. The van der Waals surface area contributed by atoms with E-state index >= 15 is 0 Å². The molecule has 0 saturated heterocycles. The van der Waals surface area contributed by atoms with Gasteiger partial charge in [0, 0.05) is 17.7 Å². The van der Waals surface area contributed by atoms with Crippen LogP contribution in [0.3, 0.4) is 0 Å². The lowest BCUT2D eigenvalue weighted by Crippen LogP contribution is -2.02. The van der Waals surface area contributed by atoms with Crippen LogP contribution in [-0.2, 0) is 5.88 Å². The Morgan fingerprint density at radius 1 is 1.17 bits per heavy atom. The Balaban J connectivity index is 2.66. The fraction of sp³-hybridized carbons (Fsp3) is 0.182. The first kappa shape index (κ1) is 13.2. The first-order valence-corrected chi connectivity index (χ1v) is 5.81. The average molecular weight is 295 g/mol. The van der Waals surface area contributed by atoms with Crippen LogP contribution in [0.1, 0.15) is 11.3 Å². The molecule has 1 aromatic carbocycles. The second kappa shape index (κ2) is 4.82. The van der Waals surface area contributed by atoms with Gasteiger partial charge < -0.3 is 0 Å². The lowest BCUT2D eigenvalue weighted by Gasteiger charge is -2.05. The molecule has 96 valence electrons. The van der Waals surface area contributed by atoms with E-state index in [1.807, 2.05) is 0 Å². The highest BCUT2D eigenvalue weighted by Crippen LogP contribution is 2.27. The minimum Gasteiger partial charge on any atom is -0.219 e. The van der Waals surface area contributed by atoms with Crippen LogP contribution in [0, 0.1) is 24.4 Å². The number of hydrogen-bond acceptors (Lipinski definition) is 1. The maximum Gasteiger partial charge on any atom is 0.161 e. The van der Waals surface area contributed by atoms with Gasteiger partial charge in [-0.05, 0) is 6.92 Å². The minimum absolute atomic E-state index is 0.0763. The molecule has 0 aliphatic rings. The molecule has 18 heavy (non-hydrogen) atoms. The van der Waals surface area contributed by atoms with Crippen LogP contribution in [0.15, 0.2) is 12.1 Å². The van der Waals surface area contributed by atoms with Crippen molar-refractivity contribution in [1.29, 1.82) is 0 Å². The molecule has 1 aromatic heterocycles. The zero-order chi connectivity index (χ0) is 13.4. The van der Waals surface area contributed by atoms with Crippen LogP contribution >= 0.6 is 23.2 Å². The van der Waals surface area contributed by atoms with E-state index in [9.17, 15) is 13.2 Å². The van der Waals surface area contributed by atoms with Crippen LogP contribution < -0.4 is 0 Å². The molecule has 7 heteroatoms. The van der Waals surface area contributed by atoms with Crippen molar-refractivity contribution < 1.29 is 13.2 Å². The molecule has 0 N–H and O–H groups in total. The number of alkyl halides is 1. The molecule has 0 unspecified atom stereocenters. The van der Waals surface area contributed by atoms with Gasteiger partial charge in [0.25, 0.3) is 0 Å². The van der Waals surface area contributed by atoms with Crippen LogP contribution in [0.25, 0.3) is 5.69 Å². The van der Waals surface area contributed by atoms with Gasteiger partial charge in [-0.25, -0.2) is 17.9 Å². The van der Waals surface area contributed by atoms with E-state index in [0.717, 1.165) is 4.68 Å². The van der Waals surface area contributed by atoms with Gasteiger partial charge in [0.1, 0.15) is 10.8 Å². The summed E-state index contributed by atoms with van der Waals surface area (Å²) in [5.74, 6) is -3.31. The topological polar surface area (TPSA) is 17.8 Å². The number of halogens is 5. The Labute approximate surface area is 111 Å². The normalized spacial score (nSPS) is 11.0. The summed E-state index contributed by atoms with van der Waals surface area (Å²) in [5, 5.41) is 4.03. The van der Waals surface area contributed by atoms with Gasteiger partial charge in [-0.3, -0.25) is 0 Å². The highest BCUT2D eigenvalue weighted by Gasteiger charge is 2.18. The molecule has 0 aliphatic carbocycles. The SMILES string of the molecule is Cc1nn(-c2cc(F)c(F)cc2F)c(Cl)c1CCl. The Morgan fingerprint density at radius 2 is 1.78 bits per heavy atom. The van der Waals surface area contributed by atoms with Gasteiger partial charge >= 0.3 is 0 Å². The van der Waals surface area contributed by atoms with Gasteiger partial charge in [0.2, 0.25) is 0 Å². The first-order valence-electron chi connectivity index (χ1n) is 4.90. The lowest BCUT2D eigenvalue weighted by atomic mass is 10.3. The second-order valence-corrected chi connectivity index (χ2v) is 4.24. The minimum atomic E-state index is -1.27. The lowest BCUT2D eigenvalue weighted by molar-refractivity contribution is 0.491. The van der Waals surface area contributed by atoms with Gasteiger partial charge in [-0.15, -0.1) is 11.6 Å². The van der Waals surface area contributed by atoms with Crippen LogP contribution in [0.2, 0.25) is 5.15 Å². The Kier molecular flexibility index (Phi) is 3.54. The molecule has 0 amide bonds. The second-order valence-electron chi connectivity index (χ2n) is 3.62. The van der Waals surface area contributed by atoms with Crippen molar-refractivity contribution >= 4 is 23.2 Å². The van der Waals surface area contributed by atoms with Crippen molar-refractivity contribution in [2.75, 3.05) is 0 Å². The van der Waals surface area contributed by atoms with Crippen LogP contribution in [0.5, 0.6) is 0 Å². The summed E-state index contributed by atoms with van der Waals surface area (Å²) in [6, 6.07) is 1.14. The van der Waals surface area contributed by atoms with E-state index in [1.165, 1.54) is 0 Å². The summed E-state index contributed by atoms with van der Waals surface area (Å²) in [5.41, 5.74) is 0.750. The molecule has 0 bridgehead atoms. The maximum absolute atomic E-state index is 13.6. The van der Waals surface area contributed by atoms with Gasteiger partial charge in [0.05, 0.1) is 11.6 Å². The van der Waals surface area contributed by atoms with E-state index < -0.39 is 17.5 Å². The molecule has 0 aliphatic heterocycles. The molecule has 1 heterocycles. The summed E-state index contributed by atoms with van der Waals surface area (Å²) in [6.45, 7) is 1.64. The van der Waals surface area contributed by atoms with E-state index in [2.05, 4.69) is 5.10 Å². The molecule has 2 rings (SSSR count). The predicted octanol–water partition coefficient (Wildman–Crippen LogP) is 3.99. The third-order valence-corrected chi connectivity index (χ3v) is 3.13. The predicted molar refractivity (Wildman–Crippen MR) is 62.7 cm³/mol. The van der Waals surface area contributed by atoms with Gasteiger partial charge in [-0.1, -0.05) is 11.6 Å². The highest BCUT2D eigenvalue weighted by atomic mass is 35.5. The van der Waals surface area contributed by atoms with Crippen molar-refractivity contribution in [3.63, 3.8) is 0 Å². The zero-order valence-electron chi connectivity index (χ0n) is 9.15. The van der Waals surface area contributed by atoms with E-state index in [0.29, 0.717) is 23.4 Å². The average Bonchev–Trinajstić information content (AvgIpc) is 2.59. The Bertz CT molecular complexity index is 611. The summed E-state index contributed by atoms with van der Waals surface area (Å²) >= 11 is 11.6. The van der Waals surface area contributed by atoms with Crippen molar-refractivity contribution in [1.82, 2.24) is 9.78 Å². The molecular weight excluding hydrogens is 288 g/mol. The summed E-state index contributed by atoms with van der Waals surface area (Å²) < 4.78 is 40.5. The summed E-state index contributed by atoms with van der Waals surface area (Å²) in [4.78, 5) is 0.